The maximum absolute atomic E-state index is 10.8. The number of carboxylic acid groups (broad SMARTS) is 1. The average molecular weight is 242 g/mol. The molecule has 0 rings (SSSR count). The van der Waals surface area contributed by atoms with Crippen LogP contribution in [0, 0.1) is 0 Å². The Hall–Kier alpha value is -0.860. The Morgan fingerprint density at radius 3 is 2.20 bits per heavy atom. The Labute approximate surface area is 91.1 Å². The van der Waals surface area contributed by atoms with Crippen LogP contribution in [-0.2, 0) is 9.59 Å². The molecule has 0 aliphatic carbocycles. The van der Waals surface area contributed by atoms with Crippen molar-refractivity contribution in [1.82, 2.24) is 0 Å². The Morgan fingerprint density at radius 2 is 2.00 bits per heavy atom. The van der Waals surface area contributed by atoms with Gasteiger partial charge in [-0.15, -0.1) is 0 Å². The van der Waals surface area contributed by atoms with Crippen LogP contribution in [0.25, 0.3) is 0 Å². The molecule has 0 bridgehead atoms. The number of amides is 1. The van der Waals surface area contributed by atoms with Crippen LogP contribution < -0.4 is 11.5 Å². The fraction of sp³-hybridized carbons (Fsp3) is 0.714. The van der Waals surface area contributed by atoms with Crippen LogP contribution in [0.4, 0.5) is 3.89 Å². The minimum absolute atomic E-state index is 0.0213. The van der Waals surface area contributed by atoms with Crippen LogP contribution in [0.3, 0.4) is 0 Å². The highest BCUT2D eigenvalue weighted by Crippen LogP contribution is 1.95. The highest BCUT2D eigenvalue weighted by Gasteiger charge is 2.11. The van der Waals surface area contributed by atoms with Crippen LogP contribution >= 0.6 is 12.1 Å². The van der Waals surface area contributed by atoms with E-state index in [1.807, 2.05) is 0 Å². The molecule has 0 heterocycles. The number of hydrogen-bond acceptors (Lipinski definition) is 5. The first-order valence-corrected chi connectivity index (χ1v) is 4.95. The fourth-order valence-corrected chi connectivity index (χ4v) is 0.525. The molecule has 0 saturated carbocycles. The van der Waals surface area contributed by atoms with Gasteiger partial charge in [0.1, 0.15) is 6.04 Å². The molecule has 0 aromatic rings. The summed E-state index contributed by atoms with van der Waals surface area (Å²) in [4.78, 5) is 20.1. The SMILES string of the molecule is NC(=O)CCC(N)C(=O)O.OCCSF. The minimum Gasteiger partial charge on any atom is -0.480 e. The Kier molecular flexibility index (Phi) is 12.4. The Morgan fingerprint density at radius 1 is 1.47 bits per heavy atom. The van der Waals surface area contributed by atoms with Crippen LogP contribution in [-0.4, -0.2) is 40.5 Å². The van der Waals surface area contributed by atoms with E-state index in [1.54, 1.807) is 0 Å². The second kappa shape index (κ2) is 11.2. The van der Waals surface area contributed by atoms with E-state index in [-0.39, 0.29) is 37.3 Å². The number of halogens is 1. The molecule has 0 aliphatic heterocycles. The predicted octanol–water partition coefficient (Wildman–Crippen LogP) is -0.740. The van der Waals surface area contributed by atoms with E-state index in [0.717, 1.165) is 0 Å². The molecule has 8 heteroatoms. The summed E-state index contributed by atoms with van der Waals surface area (Å²) in [5.74, 6) is -1.45. The highest BCUT2D eigenvalue weighted by molar-refractivity contribution is 7.94. The molecule has 6 N–H and O–H groups in total. The molecule has 6 nitrogen and oxygen atoms in total. The summed E-state index contributed by atoms with van der Waals surface area (Å²) in [6, 6.07) is -0.979. The van der Waals surface area contributed by atoms with Gasteiger partial charge in [-0.3, -0.25) is 9.59 Å². The molecule has 0 spiro atoms. The van der Waals surface area contributed by atoms with Gasteiger partial charge in [0.05, 0.1) is 6.61 Å². The number of aliphatic carboxylic acids is 1. The lowest BCUT2D eigenvalue weighted by Gasteiger charge is -2.01. The minimum atomic E-state index is -1.11. The van der Waals surface area contributed by atoms with Gasteiger partial charge in [0.25, 0.3) is 0 Å². The van der Waals surface area contributed by atoms with Gasteiger partial charge >= 0.3 is 5.97 Å². The molecule has 0 fully saturated rings. The third kappa shape index (κ3) is 15.9. The third-order valence-electron chi connectivity index (χ3n) is 1.19. The summed E-state index contributed by atoms with van der Waals surface area (Å²) in [5, 5.41) is 16.0. The first-order chi connectivity index (χ1) is 6.95. The molecule has 90 valence electrons. The van der Waals surface area contributed by atoms with Crippen molar-refractivity contribution in [3.63, 3.8) is 0 Å². The second-order valence-corrected chi connectivity index (χ2v) is 3.11. The van der Waals surface area contributed by atoms with Gasteiger partial charge in [0.2, 0.25) is 5.91 Å². The maximum atomic E-state index is 10.8. The summed E-state index contributed by atoms with van der Waals surface area (Å²) in [6.45, 7) is -0.0683. The number of nitrogens with two attached hydrogens (primary N) is 2. The van der Waals surface area contributed by atoms with E-state index in [0.29, 0.717) is 0 Å². The maximum Gasteiger partial charge on any atom is 0.320 e. The molecule has 0 aliphatic rings. The smallest absolute Gasteiger partial charge is 0.320 e. The van der Waals surface area contributed by atoms with Gasteiger partial charge in [-0.1, -0.05) is 0 Å². The predicted molar refractivity (Wildman–Crippen MR) is 54.7 cm³/mol. The van der Waals surface area contributed by atoms with Crippen molar-refractivity contribution >= 4 is 24.0 Å². The Balaban J connectivity index is 0. The zero-order valence-corrected chi connectivity index (χ0v) is 8.87. The molecule has 0 aromatic carbocycles. The molecule has 1 atom stereocenters. The van der Waals surface area contributed by atoms with Crippen LogP contribution in [0.1, 0.15) is 12.8 Å². The molecule has 1 unspecified atom stereocenters. The lowest BCUT2D eigenvalue weighted by molar-refractivity contribution is -0.138. The van der Waals surface area contributed by atoms with Crippen molar-refractivity contribution in [3.05, 3.63) is 0 Å². The number of rotatable bonds is 6. The van der Waals surface area contributed by atoms with Crippen molar-refractivity contribution < 1.29 is 23.7 Å². The summed E-state index contributed by atoms with van der Waals surface area (Å²) < 4.78 is 10.8. The number of carboxylic acids is 1. The monoisotopic (exact) mass is 242 g/mol. The van der Waals surface area contributed by atoms with E-state index in [2.05, 4.69) is 0 Å². The zero-order valence-electron chi connectivity index (χ0n) is 8.06. The highest BCUT2D eigenvalue weighted by atomic mass is 32.2. The summed E-state index contributed by atoms with van der Waals surface area (Å²) >= 11 is 0.152. The van der Waals surface area contributed by atoms with Gasteiger partial charge in [0, 0.05) is 24.3 Å². The number of aliphatic hydroxyl groups excluding tert-OH is 1. The fourth-order valence-electron chi connectivity index (χ4n) is 0.456. The van der Waals surface area contributed by atoms with Gasteiger partial charge in [-0.05, 0) is 6.42 Å². The summed E-state index contributed by atoms with van der Waals surface area (Å²) in [5.41, 5.74) is 9.81. The van der Waals surface area contributed by atoms with E-state index >= 15 is 0 Å². The van der Waals surface area contributed by atoms with Crippen molar-refractivity contribution in [1.29, 1.82) is 0 Å². The van der Waals surface area contributed by atoms with E-state index in [9.17, 15) is 13.5 Å². The van der Waals surface area contributed by atoms with Crippen LogP contribution in [0.2, 0.25) is 0 Å². The standard InChI is InChI=1S/C5H10N2O3.C2H5FOS/c6-3(5(9)10)1-2-4(7)8;3-5-2-1-4/h3H,1-2,6H2,(H2,7,8)(H,9,10);4H,1-2H2. The average Bonchev–Trinajstić information content (AvgIpc) is 2.16. The zero-order chi connectivity index (χ0) is 12.3. The van der Waals surface area contributed by atoms with E-state index in [4.69, 9.17) is 21.7 Å². The van der Waals surface area contributed by atoms with E-state index in [1.165, 1.54) is 0 Å². The van der Waals surface area contributed by atoms with Gasteiger partial charge in [-0.25, -0.2) is 0 Å². The number of primary amides is 1. The van der Waals surface area contributed by atoms with Crippen molar-refractivity contribution in [2.45, 2.75) is 18.9 Å². The normalized spacial score (nSPS) is 11.1. The first-order valence-electron chi connectivity index (χ1n) is 4.06. The number of hydrogen-bond donors (Lipinski definition) is 4. The van der Waals surface area contributed by atoms with Crippen molar-refractivity contribution in [3.8, 4) is 0 Å². The van der Waals surface area contributed by atoms with Crippen molar-refractivity contribution in [2.24, 2.45) is 11.5 Å². The van der Waals surface area contributed by atoms with Crippen LogP contribution in [0.15, 0.2) is 0 Å². The number of carbonyl (C=O) groups is 2. The van der Waals surface area contributed by atoms with Gasteiger partial charge < -0.3 is 21.7 Å². The van der Waals surface area contributed by atoms with Gasteiger partial charge in [0.15, 0.2) is 0 Å². The lowest BCUT2D eigenvalue weighted by Crippen LogP contribution is -2.31. The molecule has 0 radical (unpaired) electrons. The first kappa shape index (κ1) is 16.6. The molecule has 0 saturated heterocycles. The molecule has 0 aromatic heterocycles. The van der Waals surface area contributed by atoms with Crippen molar-refractivity contribution in [2.75, 3.05) is 12.4 Å². The molecular formula is C7H15FN2O4S. The third-order valence-corrected chi connectivity index (χ3v) is 1.52. The summed E-state index contributed by atoms with van der Waals surface area (Å²) in [7, 11) is 0. The molecule has 1 amide bonds. The Bertz CT molecular complexity index is 192. The number of aliphatic hydroxyl groups is 1. The molecule has 15 heavy (non-hydrogen) atoms. The second-order valence-electron chi connectivity index (χ2n) is 2.49. The number of carbonyl (C=O) groups excluding carboxylic acids is 1. The van der Waals surface area contributed by atoms with Gasteiger partial charge in [-0.2, -0.15) is 3.89 Å². The quantitative estimate of drug-likeness (QED) is 0.486. The largest absolute Gasteiger partial charge is 0.480 e. The summed E-state index contributed by atoms with van der Waals surface area (Å²) in [6.07, 6.45) is 0.123. The van der Waals surface area contributed by atoms with E-state index < -0.39 is 17.9 Å². The topological polar surface area (TPSA) is 127 Å². The lowest BCUT2D eigenvalue weighted by atomic mass is 10.2. The van der Waals surface area contributed by atoms with Crippen LogP contribution in [0.5, 0.6) is 0 Å². The molecular weight excluding hydrogens is 227 g/mol.